The van der Waals surface area contributed by atoms with E-state index in [0.717, 1.165) is 41.2 Å². The highest BCUT2D eigenvalue weighted by atomic mass is 16.5. The molecule has 26 heavy (non-hydrogen) atoms. The molecule has 1 aliphatic carbocycles. The zero-order valence-corrected chi connectivity index (χ0v) is 15.9. The van der Waals surface area contributed by atoms with Crippen LogP contribution < -0.4 is 14.2 Å². The normalized spacial score (nSPS) is 21.0. The molecule has 0 aromatic heterocycles. The fourth-order valence-electron chi connectivity index (χ4n) is 4.67. The van der Waals surface area contributed by atoms with Crippen molar-refractivity contribution in [3.05, 3.63) is 34.9 Å². The van der Waals surface area contributed by atoms with Crippen molar-refractivity contribution in [1.82, 2.24) is 4.90 Å². The minimum absolute atomic E-state index is 0.169. The van der Waals surface area contributed by atoms with Gasteiger partial charge in [0.15, 0.2) is 23.0 Å². The average Bonchev–Trinajstić information content (AvgIpc) is 2.65. The lowest BCUT2D eigenvalue weighted by molar-refractivity contribution is 0.202. The Kier molecular flexibility index (Phi) is 3.99. The number of hydrogen-bond donors (Lipinski definition) is 1. The summed E-state index contributed by atoms with van der Waals surface area (Å²) in [5.41, 5.74) is 5.83. The van der Waals surface area contributed by atoms with Gasteiger partial charge in [0.05, 0.1) is 21.3 Å². The molecule has 2 aliphatic rings. The number of likely N-dealkylation sites (N-methyl/N-ethyl adjacent to an activating group) is 1. The number of aromatic hydroxyl groups is 1. The molecule has 0 saturated carbocycles. The van der Waals surface area contributed by atoms with Crippen molar-refractivity contribution in [2.24, 2.45) is 0 Å². The maximum Gasteiger partial charge on any atom is 0.168 e. The molecule has 0 amide bonds. The predicted octanol–water partition coefficient (Wildman–Crippen LogP) is 3.73. The van der Waals surface area contributed by atoms with Crippen molar-refractivity contribution in [3.63, 3.8) is 0 Å². The summed E-state index contributed by atoms with van der Waals surface area (Å²) >= 11 is 0. The third kappa shape index (κ3) is 2.20. The molecule has 1 N–H and O–H groups in total. The summed E-state index contributed by atoms with van der Waals surface area (Å²) in [7, 11) is 7.09. The Labute approximate surface area is 154 Å². The van der Waals surface area contributed by atoms with E-state index in [-0.39, 0.29) is 17.7 Å². The van der Waals surface area contributed by atoms with E-state index < -0.39 is 0 Å². The molecule has 0 bridgehead atoms. The number of fused-ring (bicyclic) bond motifs is 2. The lowest BCUT2D eigenvalue weighted by Crippen LogP contribution is -2.37. The molecule has 4 rings (SSSR count). The first-order valence-corrected chi connectivity index (χ1v) is 8.91. The largest absolute Gasteiger partial charge is 0.504 e. The number of nitrogens with zero attached hydrogens (tertiary/aromatic N) is 1. The number of ether oxygens (including phenoxy) is 3. The van der Waals surface area contributed by atoms with Crippen LogP contribution >= 0.6 is 0 Å². The van der Waals surface area contributed by atoms with E-state index in [9.17, 15) is 5.11 Å². The summed E-state index contributed by atoms with van der Waals surface area (Å²) in [5, 5.41) is 10.4. The molecule has 0 fully saturated rings. The second kappa shape index (κ2) is 6.09. The summed E-state index contributed by atoms with van der Waals surface area (Å²) < 4.78 is 16.8. The lowest BCUT2D eigenvalue weighted by Gasteiger charge is -2.44. The Bertz CT molecular complexity index is 877. The Hall–Kier alpha value is -2.40. The number of methoxy groups -OCH3 is 3. The molecule has 2 aromatic carbocycles. The van der Waals surface area contributed by atoms with Gasteiger partial charge in [-0.15, -0.1) is 0 Å². The Morgan fingerprint density at radius 2 is 1.77 bits per heavy atom. The fourth-order valence-corrected chi connectivity index (χ4v) is 4.67. The maximum atomic E-state index is 10.4. The predicted molar refractivity (Wildman–Crippen MR) is 101 cm³/mol. The molecular weight excluding hydrogens is 330 g/mol. The molecule has 1 aliphatic heterocycles. The highest BCUT2D eigenvalue weighted by molar-refractivity contribution is 5.85. The highest BCUT2D eigenvalue weighted by Gasteiger charge is 2.40. The first-order valence-electron chi connectivity index (χ1n) is 8.91. The monoisotopic (exact) mass is 355 g/mol. The minimum atomic E-state index is 0.169. The average molecular weight is 355 g/mol. The Morgan fingerprint density at radius 3 is 2.42 bits per heavy atom. The van der Waals surface area contributed by atoms with Crippen LogP contribution in [0.5, 0.6) is 23.0 Å². The molecule has 0 saturated heterocycles. The molecule has 0 spiro atoms. The van der Waals surface area contributed by atoms with Crippen LogP contribution in [-0.2, 0) is 6.42 Å². The molecular formula is C21H25NO4. The van der Waals surface area contributed by atoms with E-state index in [2.05, 4.69) is 24.9 Å². The molecule has 5 heteroatoms. The Morgan fingerprint density at radius 1 is 1.04 bits per heavy atom. The molecule has 1 unspecified atom stereocenters. The van der Waals surface area contributed by atoms with E-state index in [1.807, 2.05) is 12.1 Å². The number of hydrogen-bond acceptors (Lipinski definition) is 5. The van der Waals surface area contributed by atoms with Gasteiger partial charge in [-0.05, 0) is 53.9 Å². The third-order valence-electron chi connectivity index (χ3n) is 5.88. The summed E-state index contributed by atoms with van der Waals surface area (Å²) in [4.78, 5) is 2.40. The van der Waals surface area contributed by atoms with Crippen LogP contribution in [0.4, 0.5) is 0 Å². The van der Waals surface area contributed by atoms with Crippen LogP contribution in [0.3, 0.4) is 0 Å². The van der Waals surface area contributed by atoms with Crippen LogP contribution in [0.15, 0.2) is 18.2 Å². The second-order valence-corrected chi connectivity index (χ2v) is 7.14. The minimum Gasteiger partial charge on any atom is -0.504 e. The van der Waals surface area contributed by atoms with Gasteiger partial charge in [-0.1, -0.05) is 6.92 Å². The van der Waals surface area contributed by atoms with Gasteiger partial charge in [0.25, 0.3) is 0 Å². The van der Waals surface area contributed by atoms with Crippen molar-refractivity contribution >= 4 is 0 Å². The van der Waals surface area contributed by atoms with Crippen LogP contribution in [0.25, 0.3) is 11.1 Å². The van der Waals surface area contributed by atoms with Gasteiger partial charge < -0.3 is 19.3 Å². The van der Waals surface area contributed by atoms with Crippen molar-refractivity contribution in [3.8, 4) is 34.1 Å². The molecule has 5 nitrogen and oxygen atoms in total. The Balaban J connectivity index is 2.12. The number of phenols is 1. The highest BCUT2D eigenvalue weighted by Crippen LogP contribution is 2.57. The van der Waals surface area contributed by atoms with Crippen LogP contribution in [0, 0.1) is 0 Å². The third-order valence-corrected chi connectivity index (χ3v) is 5.88. The zero-order chi connectivity index (χ0) is 18.6. The summed E-state index contributed by atoms with van der Waals surface area (Å²) in [5.74, 6) is 2.38. The smallest absolute Gasteiger partial charge is 0.168 e. The van der Waals surface area contributed by atoms with Gasteiger partial charge in [0.1, 0.15) is 0 Å². The van der Waals surface area contributed by atoms with E-state index in [1.165, 1.54) is 11.1 Å². The van der Waals surface area contributed by atoms with Crippen molar-refractivity contribution < 1.29 is 19.3 Å². The maximum absolute atomic E-state index is 10.4. The van der Waals surface area contributed by atoms with Crippen LogP contribution in [-0.4, -0.2) is 44.9 Å². The molecule has 1 heterocycles. The standard InChI is InChI=1S/C21H25NO4/c1-11-13-9-15(23)16(24-3)10-14(13)19-18-12(6-7-22(2)20(11)18)8-17(25-4)21(19)26-5/h8-11,20,23H,6-7H2,1-5H3/t11-,20?/m0/s1. The van der Waals surface area contributed by atoms with Gasteiger partial charge in [-0.25, -0.2) is 0 Å². The van der Waals surface area contributed by atoms with E-state index in [1.54, 1.807) is 21.3 Å². The topological polar surface area (TPSA) is 51.2 Å². The van der Waals surface area contributed by atoms with Gasteiger partial charge in [-0.2, -0.15) is 0 Å². The lowest BCUT2D eigenvalue weighted by atomic mass is 9.71. The molecule has 2 atom stereocenters. The first kappa shape index (κ1) is 17.0. The van der Waals surface area contributed by atoms with E-state index in [0.29, 0.717) is 5.75 Å². The quantitative estimate of drug-likeness (QED) is 0.909. The molecule has 138 valence electrons. The summed E-state index contributed by atoms with van der Waals surface area (Å²) in [6.07, 6.45) is 0.979. The van der Waals surface area contributed by atoms with Crippen molar-refractivity contribution in [2.45, 2.75) is 25.3 Å². The van der Waals surface area contributed by atoms with E-state index in [4.69, 9.17) is 14.2 Å². The van der Waals surface area contributed by atoms with Gasteiger partial charge in [0, 0.05) is 24.1 Å². The van der Waals surface area contributed by atoms with Crippen LogP contribution in [0.1, 0.15) is 35.6 Å². The summed E-state index contributed by atoms with van der Waals surface area (Å²) in [6.45, 7) is 3.22. The van der Waals surface area contributed by atoms with Crippen LogP contribution in [0.2, 0.25) is 0 Å². The molecule has 2 aromatic rings. The van der Waals surface area contributed by atoms with Crippen molar-refractivity contribution in [2.75, 3.05) is 34.9 Å². The van der Waals surface area contributed by atoms with E-state index >= 15 is 0 Å². The number of phenolic OH excluding ortho intramolecular Hbond substituents is 1. The van der Waals surface area contributed by atoms with Gasteiger partial charge in [0.2, 0.25) is 0 Å². The van der Waals surface area contributed by atoms with Gasteiger partial charge >= 0.3 is 0 Å². The van der Waals surface area contributed by atoms with Gasteiger partial charge in [-0.3, -0.25) is 4.90 Å². The zero-order valence-electron chi connectivity index (χ0n) is 15.9. The second-order valence-electron chi connectivity index (χ2n) is 7.14. The summed E-state index contributed by atoms with van der Waals surface area (Å²) in [6, 6.07) is 6.12. The first-order chi connectivity index (χ1) is 12.5. The number of rotatable bonds is 3. The molecule has 0 radical (unpaired) electrons. The number of benzene rings is 2. The fraction of sp³-hybridized carbons (Fsp3) is 0.429. The van der Waals surface area contributed by atoms with Crippen molar-refractivity contribution in [1.29, 1.82) is 0 Å². The SMILES string of the molecule is COc1cc2c(cc1O)[C@H](C)C1c3c(cc(OC)c(OC)c3-2)CCN1C.